The van der Waals surface area contributed by atoms with Gasteiger partial charge in [-0.15, -0.1) is 0 Å². The van der Waals surface area contributed by atoms with Crippen LogP contribution in [0.5, 0.6) is 0 Å². The van der Waals surface area contributed by atoms with Crippen LogP contribution in [0.3, 0.4) is 0 Å². The van der Waals surface area contributed by atoms with E-state index in [-0.39, 0.29) is 5.75 Å². The second-order valence-corrected chi connectivity index (χ2v) is 8.29. The van der Waals surface area contributed by atoms with Crippen molar-refractivity contribution in [3.05, 3.63) is 27.0 Å². The fraction of sp³-hybridized carbons (Fsp3) is 0.750. The lowest BCUT2D eigenvalue weighted by atomic mass is 10.1. The van der Waals surface area contributed by atoms with Gasteiger partial charge in [0.05, 0.1) is 5.75 Å². The number of hydrogen-bond acceptors (Lipinski definition) is 8. The Morgan fingerprint density at radius 3 is 2.57 bits per heavy atom. The molecule has 10 nitrogen and oxygen atoms in total. The fourth-order valence-electron chi connectivity index (χ4n) is 2.83. The first-order chi connectivity index (χ1) is 10.6. The first-order valence-corrected chi connectivity index (χ1v) is 8.99. The number of rotatable bonds is 3. The number of ether oxygens (including phenoxy) is 3. The Kier molecular flexibility index (Phi) is 3.71. The molecule has 2 aliphatic rings. The lowest BCUT2D eigenvalue weighted by Gasteiger charge is -2.24. The van der Waals surface area contributed by atoms with Gasteiger partial charge in [0.15, 0.2) is 12.0 Å². The third-order valence-electron chi connectivity index (χ3n) is 3.57. The molecule has 1 N–H and O–H groups in total. The summed E-state index contributed by atoms with van der Waals surface area (Å²) in [6, 6.07) is 0. The van der Waals surface area contributed by atoms with Gasteiger partial charge in [-0.25, -0.2) is 13.2 Å². The summed E-state index contributed by atoms with van der Waals surface area (Å²) in [5, 5.41) is 3.75. The van der Waals surface area contributed by atoms with Crippen molar-refractivity contribution in [3.8, 4) is 0 Å². The number of H-pyrrole nitrogens is 1. The molecule has 4 atom stereocenters. The monoisotopic (exact) mass is 347 g/mol. The quantitative estimate of drug-likeness (QED) is 0.691. The van der Waals surface area contributed by atoms with E-state index < -0.39 is 51.4 Å². The molecule has 3 heterocycles. The predicted octanol–water partition coefficient (Wildman–Crippen LogP) is -1.61. The third-order valence-corrected chi connectivity index (χ3v) is 4.50. The molecular weight excluding hydrogens is 330 g/mol. The summed E-state index contributed by atoms with van der Waals surface area (Å²) in [7, 11) is -3.33. The Labute approximate surface area is 131 Å². The molecule has 0 saturated carbocycles. The van der Waals surface area contributed by atoms with Crippen molar-refractivity contribution in [2.75, 3.05) is 12.0 Å². The largest absolute Gasteiger partial charge is 0.347 e. The maximum Gasteiger partial charge on any atom is 0.347 e. The average Bonchev–Trinajstić information content (AvgIpc) is 2.83. The van der Waals surface area contributed by atoms with Crippen LogP contribution in [0, 0.1) is 0 Å². The molecule has 0 aliphatic carbocycles. The Morgan fingerprint density at radius 2 is 1.96 bits per heavy atom. The molecule has 3 rings (SSSR count). The van der Waals surface area contributed by atoms with E-state index in [9.17, 15) is 18.0 Å². The third kappa shape index (κ3) is 3.22. The highest BCUT2D eigenvalue weighted by atomic mass is 32.2. The summed E-state index contributed by atoms with van der Waals surface area (Å²) >= 11 is 0. The van der Waals surface area contributed by atoms with Crippen LogP contribution in [0.2, 0.25) is 0 Å². The molecule has 0 bridgehead atoms. The molecule has 2 aliphatic heterocycles. The van der Waals surface area contributed by atoms with Gasteiger partial charge in [0.1, 0.15) is 34.3 Å². The summed E-state index contributed by atoms with van der Waals surface area (Å²) in [5.41, 5.74) is -1.41. The molecule has 1 aromatic rings. The highest BCUT2D eigenvalue weighted by Crippen LogP contribution is 2.42. The number of aromatic amines is 1. The maximum atomic E-state index is 11.9. The second kappa shape index (κ2) is 5.23. The van der Waals surface area contributed by atoms with Gasteiger partial charge < -0.3 is 14.2 Å². The van der Waals surface area contributed by atoms with Gasteiger partial charge in [0.2, 0.25) is 0 Å². The van der Waals surface area contributed by atoms with E-state index in [1.54, 1.807) is 13.8 Å². The van der Waals surface area contributed by atoms with Crippen molar-refractivity contribution < 1.29 is 22.6 Å². The van der Waals surface area contributed by atoms with Gasteiger partial charge in [-0.2, -0.15) is 9.78 Å². The van der Waals surface area contributed by atoms with E-state index in [0.29, 0.717) is 0 Å². The number of nitrogens with zero attached hydrogens (tertiary/aromatic N) is 2. The first kappa shape index (κ1) is 16.3. The molecule has 11 heteroatoms. The Bertz CT molecular complexity index is 828. The molecule has 0 spiro atoms. The van der Waals surface area contributed by atoms with E-state index in [4.69, 9.17) is 14.2 Å². The minimum absolute atomic E-state index is 0.276. The second-order valence-electron chi connectivity index (χ2n) is 6.11. The first-order valence-electron chi connectivity index (χ1n) is 6.93. The van der Waals surface area contributed by atoms with Gasteiger partial charge in [-0.3, -0.25) is 9.78 Å². The summed E-state index contributed by atoms with van der Waals surface area (Å²) in [6.45, 7) is 3.37. The smallest absolute Gasteiger partial charge is 0.346 e. The zero-order chi connectivity index (χ0) is 17.0. The minimum Gasteiger partial charge on any atom is -0.346 e. The number of fused-ring (bicyclic) bond motifs is 1. The van der Waals surface area contributed by atoms with Gasteiger partial charge in [0.25, 0.3) is 5.56 Å². The van der Waals surface area contributed by atoms with Crippen LogP contribution >= 0.6 is 0 Å². The fourth-order valence-corrected chi connectivity index (χ4v) is 3.70. The minimum atomic E-state index is -3.33. The molecule has 23 heavy (non-hydrogen) atoms. The molecular formula is C12H17N3O7S. The predicted molar refractivity (Wildman–Crippen MR) is 76.6 cm³/mol. The van der Waals surface area contributed by atoms with Gasteiger partial charge >= 0.3 is 5.69 Å². The van der Waals surface area contributed by atoms with Gasteiger partial charge in [0, 0.05) is 6.26 Å². The molecule has 2 fully saturated rings. The molecule has 1 aromatic heterocycles. The van der Waals surface area contributed by atoms with Crippen molar-refractivity contribution in [1.29, 1.82) is 0 Å². The van der Waals surface area contributed by atoms with E-state index in [1.807, 2.05) is 0 Å². The summed E-state index contributed by atoms with van der Waals surface area (Å²) in [6.07, 6.45) is -1.15. The molecule has 2 saturated heterocycles. The van der Waals surface area contributed by atoms with E-state index in [0.717, 1.165) is 17.1 Å². The molecule has 0 unspecified atom stereocenters. The van der Waals surface area contributed by atoms with Crippen LogP contribution in [-0.2, 0) is 24.0 Å². The Morgan fingerprint density at radius 1 is 1.30 bits per heavy atom. The molecule has 0 amide bonds. The van der Waals surface area contributed by atoms with E-state index in [2.05, 4.69) is 10.1 Å². The van der Waals surface area contributed by atoms with E-state index >= 15 is 0 Å². The highest BCUT2D eigenvalue weighted by molar-refractivity contribution is 7.90. The van der Waals surface area contributed by atoms with Crippen LogP contribution in [0.4, 0.5) is 0 Å². The topological polar surface area (TPSA) is 130 Å². The zero-order valence-corrected chi connectivity index (χ0v) is 13.6. The van der Waals surface area contributed by atoms with Crippen molar-refractivity contribution in [3.63, 3.8) is 0 Å². The van der Waals surface area contributed by atoms with Gasteiger partial charge in [-0.1, -0.05) is 0 Å². The average molecular weight is 347 g/mol. The zero-order valence-electron chi connectivity index (χ0n) is 12.8. The number of aromatic nitrogens is 3. The Balaban J connectivity index is 1.98. The van der Waals surface area contributed by atoms with Crippen molar-refractivity contribution in [2.24, 2.45) is 0 Å². The lowest BCUT2D eigenvalue weighted by Crippen LogP contribution is -2.39. The van der Waals surface area contributed by atoms with Crippen LogP contribution < -0.4 is 11.2 Å². The standard InChI is InChI=1S/C12H17N3O7S/c1-12(2)21-8-6(5-23(3,18)19)20-10(9(8)22-12)15-11(17)14-7(16)4-13-15/h4,6,8-10H,5H2,1-3H3,(H,14,16,17)/t6-,8+,9-,10+/m0/s1. The molecule has 0 aromatic carbocycles. The van der Waals surface area contributed by atoms with Crippen molar-refractivity contribution >= 4 is 9.84 Å². The maximum absolute atomic E-state index is 11.9. The van der Waals surface area contributed by atoms with Crippen molar-refractivity contribution in [2.45, 2.75) is 44.2 Å². The molecule has 128 valence electrons. The van der Waals surface area contributed by atoms with E-state index in [1.165, 1.54) is 0 Å². The van der Waals surface area contributed by atoms with Crippen LogP contribution in [0.15, 0.2) is 15.8 Å². The summed E-state index contributed by atoms with van der Waals surface area (Å²) in [5.74, 6) is -1.22. The number of hydrogen-bond donors (Lipinski definition) is 1. The Hall–Kier alpha value is -1.56. The van der Waals surface area contributed by atoms with Gasteiger partial charge in [-0.05, 0) is 13.8 Å². The lowest BCUT2D eigenvalue weighted by molar-refractivity contribution is -0.196. The summed E-state index contributed by atoms with van der Waals surface area (Å²) < 4.78 is 41.2. The summed E-state index contributed by atoms with van der Waals surface area (Å²) in [4.78, 5) is 25.1. The van der Waals surface area contributed by atoms with Crippen LogP contribution in [-0.4, -0.2) is 59.3 Å². The number of sulfone groups is 1. The SMILES string of the molecule is CC1(C)O[C@H]2[C@H](O1)[C@H](n1ncc(=O)[nH]c1=O)O[C@H]2CS(C)(=O)=O. The number of nitrogens with one attached hydrogen (secondary N) is 1. The molecule has 0 radical (unpaired) electrons. The van der Waals surface area contributed by atoms with Crippen LogP contribution in [0.25, 0.3) is 0 Å². The van der Waals surface area contributed by atoms with Crippen molar-refractivity contribution in [1.82, 2.24) is 14.8 Å². The van der Waals surface area contributed by atoms with Crippen LogP contribution in [0.1, 0.15) is 20.1 Å². The normalized spacial score (nSPS) is 32.8. The highest BCUT2D eigenvalue weighted by Gasteiger charge is 2.57.